The number of nitrogens with one attached hydrogen (secondary N) is 1. The van der Waals surface area contributed by atoms with Crippen LogP contribution in [0.4, 0.5) is 0 Å². The van der Waals surface area contributed by atoms with Crippen LogP contribution in [0, 0.1) is 5.92 Å². The number of carbonyl (C=O) groups excluding carboxylic acids is 1. The smallest absolute Gasteiger partial charge is 0.220 e. The topological polar surface area (TPSA) is 41.5 Å². The molecule has 56 valence electrons. The van der Waals surface area contributed by atoms with Crippen molar-refractivity contribution in [3.63, 3.8) is 0 Å². The predicted molar refractivity (Wildman–Crippen MR) is 40.1 cm³/mol. The predicted octanol–water partition coefficient (Wildman–Crippen LogP) is 0.213. The second-order valence-electron chi connectivity index (χ2n) is 2.51. The van der Waals surface area contributed by atoms with Crippen LogP contribution in [0.1, 0.15) is 12.8 Å². The van der Waals surface area contributed by atoms with Crippen LogP contribution in [-0.4, -0.2) is 25.7 Å². The van der Waals surface area contributed by atoms with Crippen molar-refractivity contribution in [2.45, 2.75) is 12.8 Å². The number of piperidine rings is 1. The highest BCUT2D eigenvalue weighted by molar-refractivity contribution is 5.78. The van der Waals surface area contributed by atoms with Gasteiger partial charge in [0.15, 0.2) is 0 Å². The molecule has 1 aliphatic rings. The highest BCUT2D eigenvalue weighted by atomic mass is 16.1. The largest absolute Gasteiger partial charge is 0.355 e. The Morgan fingerprint density at radius 2 is 2.60 bits per heavy atom. The molecule has 1 fully saturated rings. The van der Waals surface area contributed by atoms with Crippen molar-refractivity contribution < 1.29 is 4.79 Å². The van der Waals surface area contributed by atoms with Crippen LogP contribution in [0.2, 0.25) is 0 Å². The zero-order valence-electron chi connectivity index (χ0n) is 6.13. The van der Waals surface area contributed by atoms with Gasteiger partial charge in [-0.2, -0.15) is 0 Å². The van der Waals surface area contributed by atoms with E-state index < -0.39 is 0 Å². The molecule has 1 unspecified atom stereocenters. The molecule has 0 aromatic heterocycles. The number of nitrogens with zero attached hydrogens (tertiary/aromatic N) is 1. The molecule has 1 atom stereocenters. The van der Waals surface area contributed by atoms with E-state index in [1.165, 1.54) is 0 Å². The van der Waals surface area contributed by atoms with E-state index in [9.17, 15) is 4.79 Å². The summed E-state index contributed by atoms with van der Waals surface area (Å²) in [6.07, 6.45) is 3.50. The molecule has 1 aliphatic heterocycles. The summed E-state index contributed by atoms with van der Waals surface area (Å²) in [5.74, 6) is 0.628. The van der Waals surface area contributed by atoms with Crippen LogP contribution in [0.25, 0.3) is 0 Å². The van der Waals surface area contributed by atoms with E-state index in [4.69, 9.17) is 0 Å². The van der Waals surface area contributed by atoms with Gasteiger partial charge < -0.3 is 10.3 Å². The lowest BCUT2D eigenvalue weighted by Crippen LogP contribution is -2.35. The van der Waals surface area contributed by atoms with E-state index in [0.717, 1.165) is 13.0 Å². The third-order valence-corrected chi connectivity index (χ3v) is 1.66. The second kappa shape index (κ2) is 3.34. The molecule has 3 nitrogen and oxygen atoms in total. The van der Waals surface area contributed by atoms with E-state index in [0.29, 0.717) is 12.3 Å². The molecule has 0 spiro atoms. The Kier molecular flexibility index (Phi) is 2.42. The Labute approximate surface area is 60.5 Å². The molecule has 1 saturated heterocycles. The van der Waals surface area contributed by atoms with E-state index in [1.54, 1.807) is 7.05 Å². The molecule has 0 bridgehead atoms. The summed E-state index contributed by atoms with van der Waals surface area (Å²) in [4.78, 5) is 14.6. The first kappa shape index (κ1) is 7.25. The molecule has 0 aromatic rings. The summed E-state index contributed by atoms with van der Waals surface area (Å²) < 4.78 is 0. The van der Waals surface area contributed by atoms with Crippen LogP contribution in [-0.2, 0) is 4.79 Å². The first-order chi connectivity index (χ1) is 4.83. The van der Waals surface area contributed by atoms with Gasteiger partial charge in [-0.05, 0) is 6.42 Å². The maximum absolute atomic E-state index is 10.7. The summed E-state index contributed by atoms with van der Waals surface area (Å²) in [5.41, 5.74) is 0. The normalized spacial score (nSPS) is 26.9. The van der Waals surface area contributed by atoms with Crippen molar-refractivity contribution in [1.82, 2.24) is 5.32 Å². The van der Waals surface area contributed by atoms with E-state index in [-0.39, 0.29) is 5.91 Å². The number of aliphatic imine (C=N–C) groups is 1. The van der Waals surface area contributed by atoms with Crippen molar-refractivity contribution in [2.75, 3.05) is 13.6 Å². The van der Waals surface area contributed by atoms with E-state index >= 15 is 0 Å². The number of hydrogen-bond acceptors (Lipinski definition) is 2. The number of rotatable bonds is 1. The number of amides is 1. The lowest BCUT2D eigenvalue weighted by atomic mass is 10.0. The number of carbonyl (C=O) groups is 1. The van der Waals surface area contributed by atoms with Gasteiger partial charge in [0, 0.05) is 32.1 Å². The van der Waals surface area contributed by atoms with E-state index in [1.807, 2.05) is 6.21 Å². The van der Waals surface area contributed by atoms with Crippen molar-refractivity contribution in [3.05, 3.63) is 0 Å². The molecule has 1 N–H and O–H groups in total. The Hall–Kier alpha value is -0.860. The monoisotopic (exact) mass is 140 g/mol. The van der Waals surface area contributed by atoms with Gasteiger partial charge in [-0.25, -0.2) is 0 Å². The Morgan fingerprint density at radius 1 is 1.80 bits per heavy atom. The summed E-state index contributed by atoms with van der Waals surface area (Å²) in [6, 6.07) is 0. The van der Waals surface area contributed by atoms with Gasteiger partial charge >= 0.3 is 0 Å². The molecule has 1 rings (SSSR count). The highest BCUT2D eigenvalue weighted by Gasteiger charge is 2.14. The fourth-order valence-electron chi connectivity index (χ4n) is 1.09. The summed E-state index contributed by atoms with van der Waals surface area (Å²) >= 11 is 0. The minimum atomic E-state index is 0.167. The minimum absolute atomic E-state index is 0.167. The molecular weight excluding hydrogens is 128 g/mol. The molecule has 0 saturated carbocycles. The zero-order chi connectivity index (χ0) is 7.40. The Balaban J connectivity index is 2.32. The van der Waals surface area contributed by atoms with Crippen LogP contribution in [0.15, 0.2) is 4.99 Å². The fourth-order valence-corrected chi connectivity index (χ4v) is 1.09. The Morgan fingerprint density at radius 3 is 3.10 bits per heavy atom. The van der Waals surface area contributed by atoms with Crippen molar-refractivity contribution in [2.24, 2.45) is 10.9 Å². The van der Waals surface area contributed by atoms with Gasteiger partial charge in [-0.15, -0.1) is 0 Å². The maximum atomic E-state index is 10.7. The van der Waals surface area contributed by atoms with Gasteiger partial charge in [-0.1, -0.05) is 0 Å². The minimum Gasteiger partial charge on any atom is -0.355 e. The summed E-state index contributed by atoms with van der Waals surface area (Å²) in [6.45, 7) is 0.760. The van der Waals surface area contributed by atoms with Gasteiger partial charge in [0.1, 0.15) is 0 Å². The number of hydrogen-bond donors (Lipinski definition) is 1. The second-order valence-corrected chi connectivity index (χ2v) is 2.51. The molecule has 0 aromatic carbocycles. The third kappa shape index (κ3) is 1.83. The van der Waals surface area contributed by atoms with Gasteiger partial charge in [-0.3, -0.25) is 4.79 Å². The molecule has 1 amide bonds. The summed E-state index contributed by atoms with van der Waals surface area (Å²) in [7, 11) is 1.76. The van der Waals surface area contributed by atoms with Gasteiger partial charge in [0.2, 0.25) is 5.91 Å². The first-order valence-corrected chi connectivity index (χ1v) is 3.52. The van der Waals surface area contributed by atoms with Crippen LogP contribution in [0.5, 0.6) is 0 Å². The maximum Gasteiger partial charge on any atom is 0.220 e. The van der Waals surface area contributed by atoms with Crippen molar-refractivity contribution in [1.29, 1.82) is 0 Å². The quantitative estimate of drug-likeness (QED) is 0.520. The summed E-state index contributed by atoms with van der Waals surface area (Å²) in [5, 5.41) is 2.79. The standard InChI is InChI=1S/C7H12N2O/c1-8-4-6-2-3-7(10)9-5-6/h4,6H,2-3,5H2,1H3,(H,9,10)/b8-4-. The zero-order valence-corrected chi connectivity index (χ0v) is 6.13. The van der Waals surface area contributed by atoms with Crippen molar-refractivity contribution in [3.8, 4) is 0 Å². The molecular formula is C7H12N2O. The van der Waals surface area contributed by atoms with Crippen LogP contribution < -0.4 is 5.32 Å². The van der Waals surface area contributed by atoms with Crippen LogP contribution >= 0.6 is 0 Å². The molecule has 0 radical (unpaired) electrons. The molecule has 0 aliphatic carbocycles. The average molecular weight is 140 g/mol. The third-order valence-electron chi connectivity index (χ3n) is 1.66. The highest BCUT2D eigenvalue weighted by Crippen LogP contribution is 2.07. The Bertz CT molecular complexity index is 144. The first-order valence-electron chi connectivity index (χ1n) is 3.52. The van der Waals surface area contributed by atoms with Gasteiger partial charge in [0.25, 0.3) is 0 Å². The van der Waals surface area contributed by atoms with E-state index in [2.05, 4.69) is 10.3 Å². The fraction of sp³-hybridized carbons (Fsp3) is 0.714. The molecule has 1 heterocycles. The lowest BCUT2D eigenvalue weighted by molar-refractivity contribution is -0.122. The lowest BCUT2D eigenvalue weighted by Gasteiger charge is -2.17. The molecule has 10 heavy (non-hydrogen) atoms. The SMILES string of the molecule is C/N=C\C1CCC(=O)NC1. The van der Waals surface area contributed by atoms with Gasteiger partial charge in [0.05, 0.1) is 0 Å². The van der Waals surface area contributed by atoms with Crippen LogP contribution in [0.3, 0.4) is 0 Å². The molecule has 3 heteroatoms. The average Bonchev–Trinajstić information content (AvgIpc) is 1.95. The van der Waals surface area contributed by atoms with Crippen molar-refractivity contribution >= 4 is 12.1 Å².